The van der Waals surface area contributed by atoms with Crippen LogP contribution >= 0.6 is 7.54 Å². The van der Waals surface area contributed by atoms with Gasteiger partial charge in [-0.2, -0.15) is 0 Å². The molecule has 2 unspecified atom stereocenters. The summed E-state index contributed by atoms with van der Waals surface area (Å²) in [5.41, 5.74) is -2.16. The van der Waals surface area contributed by atoms with Crippen molar-refractivity contribution in [3.8, 4) is 0 Å². The Balaban J connectivity index is 4.70. The molecular weight excluding hydrogens is 184 g/mol. The molecule has 0 aliphatic rings. The molecule has 0 amide bonds. The molecule has 0 spiro atoms. The zero-order valence-corrected chi connectivity index (χ0v) is 9.04. The first kappa shape index (κ1) is 12.2. The Labute approximate surface area is 72.8 Å². The third-order valence-corrected chi connectivity index (χ3v) is 6.44. The van der Waals surface area contributed by atoms with Crippen molar-refractivity contribution >= 4 is 7.54 Å². The van der Waals surface area contributed by atoms with E-state index in [0.717, 1.165) is 0 Å². The molecule has 0 heterocycles. The van der Waals surface area contributed by atoms with Crippen LogP contribution in [0.3, 0.4) is 0 Å². The Bertz CT molecular complexity index is 136. The summed E-state index contributed by atoms with van der Waals surface area (Å²) in [6.07, 6.45) is 0.428. The Kier molecular flexibility index (Phi) is 3.59. The van der Waals surface area contributed by atoms with Gasteiger partial charge in [0, 0.05) is 0 Å². The molecule has 0 fully saturated rings. The molecule has 12 heavy (non-hydrogen) atoms. The van der Waals surface area contributed by atoms with Gasteiger partial charge in [-0.05, 0) is 0 Å². The van der Waals surface area contributed by atoms with Crippen molar-refractivity contribution in [2.45, 2.75) is 51.9 Å². The van der Waals surface area contributed by atoms with E-state index in [1.54, 1.807) is 13.8 Å². The van der Waals surface area contributed by atoms with Crippen molar-refractivity contribution in [2.75, 3.05) is 0 Å². The Hall–Kier alpha value is 0.220. The maximum atomic E-state index is 13.4. The van der Waals surface area contributed by atoms with Gasteiger partial charge in [-0.25, -0.2) is 0 Å². The third kappa shape index (κ3) is 2.12. The molecule has 0 aromatic rings. The average molecular weight is 202 g/mol. The van der Waals surface area contributed by atoms with Crippen molar-refractivity contribution in [3.05, 3.63) is 0 Å². The number of halogens is 3. The molecule has 0 aliphatic heterocycles. The molecule has 0 radical (unpaired) electrons. The molecule has 76 valence electrons. The van der Waals surface area contributed by atoms with Crippen LogP contribution in [0.1, 0.15) is 40.5 Å². The zero-order valence-electron chi connectivity index (χ0n) is 8.15. The van der Waals surface area contributed by atoms with Crippen LogP contribution in [0.25, 0.3) is 0 Å². The van der Waals surface area contributed by atoms with E-state index in [1.165, 1.54) is 13.8 Å². The molecule has 0 aromatic heterocycles. The summed E-state index contributed by atoms with van der Waals surface area (Å²) in [5, 5.41) is 0. The van der Waals surface area contributed by atoms with E-state index in [4.69, 9.17) is 0 Å². The summed E-state index contributed by atoms with van der Waals surface area (Å²) in [6.45, 7) is 5.83. The van der Waals surface area contributed by atoms with E-state index in [9.17, 15) is 12.6 Å². The van der Waals surface area contributed by atoms with Gasteiger partial charge >= 0.3 is 72.0 Å². The Morgan fingerprint density at radius 3 is 1.33 bits per heavy atom. The molecule has 0 saturated carbocycles. The fourth-order valence-corrected chi connectivity index (χ4v) is 3.18. The molecule has 0 aliphatic carbocycles. The first-order valence-corrected chi connectivity index (χ1v) is 6.46. The van der Waals surface area contributed by atoms with Crippen LogP contribution in [0.2, 0.25) is 0 Å². The van der Waals surface area contributed by atoms with Crippen molar-refractivity contribution in [1.82, 2.24) is 0 Å². The van der Waals surface area contributed by atoms with Crippen LogP contribution in [0.15, 0.2) is 0 Å². The second kappa shape index (κ2) is 3.53. The number of hydrogen-bond donors (Lipinski definition) is 0. The average Bonchev–Trinajstić information content (AvgIpc) is 2.00. The molecular formula is C8H18F3P. The van der Waals surface area contributed by atoms with Gasteiger partial charge < -0.3 is 0 Å². The number of hydrogen-bond acceptors (Lipinski definition) is 0. The second-order valence-corrected chi connectivity index (χ2v) is 7.06. The van der Waals surface area contributed by atoms with Crippen LogP contribution in [-0.2, 0) is 0 Å². The van der Waals surface area contributed by atoms with Gasteiger partial charge in [0.2, 0.25) is 0 Å². The second-order valence-electron chi connectivity index (χ2n) is 3.44. The van der Waals surface area contributed by atoms with Gasteiger partial charge in [-0.15, -0.1) is 0 Å². The summed E-state index contributed by atoms with van der Waals surface area (Å²) >= 11 is 0. The van der Waals surface area contributed by atoms with Crippen molar-refractivity contribution in [3.63, 3.8) is 0 Å². The van der Waals surface area contributed by atoms with Gasteiger partial charge in [0.1, 0.15) is 0 Å². The molecule has 0 rings (SSSR count). The van der Waals surface area contributed by atoms with E-state index in [-0.39, 0.29) is 12.8 Å². The Morgan fingerprint density at radius 1 is 0.917 bits per heavy atom. The van der Waals surface area contributed by atoms with Crippen LogP contribution in [0.4, 0.5) is 12.6 Å². The van der Waals surface area contributed by atoms with Gasteiger partial charge in [0.15, 0.2) is 0 Å². The fourth-order valence-electron chi connectivity index (χ4n) is 1.06. The minimum atomic E-state index is -5.88. The third-order valence-electron chi connectivity index (χ3n) is 2.69. The molecule has 0 N–H and O–H groups in total. The fraction of sp³-hybridized carbons (Fsp3) is 1.00. The van der Waals surface area contributed by atoms with Crippen LogP contribution in [0, 0.1) is 0 Å². The standard InChI is InChI=1S/C8H18F3P/c1-5-7(3)12(9,10,11)8(4)6-2/h7-8H,5-6H2,1-4H3. The quantitative estimate of drug-likeness (QED) is 0.575. The minimum absolute atomic E-state index is 0.214. The van der Waals surface area contributed by atoms with Gasteiger partial charge in [-0.3, -0.25) is 0 Å². The van der Waals surface area contributed by atoms with E-state index < -0.39 is 18.9 Å². The van der Waals surface area contributed by atoms with E-state index in [0.29, 0.717) is 0 Å². The molecule has 0 aromatic carbocycles. The van der Waals surface area contributed by atoms with Gasteiger partial charge in [-0.1, -0.05) is 0 Å². The van der Waals surface area contributed by atoms with Crippen LogP contribution in [-0.4, -0.2) is 11.3 Å². The topological polar surface area (TPSA) is 0 Å². The van der Waals surface area contributed by atoms with Crippen molar-refractivity contribution in [1.29, 1.82) is 0 Å². The maximum absolute atomic E-state index is 13.4. The van der Waals surface area contributed by atoms with Crippen molar-refractivity contribution in [2.24, 2.45) is 0 Å². The van der Waals surface area contributed by atoms with E-state index >= 15 is 0 Å². The van der Waals surface area contributed by atoms with E-state index in [2.05, 4.69) is 0 Å². The summed E-state index contributed by atoms with van der Waals surface area (Å²) < 4.78 is 40.1. The molecule has 2 atom stereocenters. The van der Waals surface area contributed by atoms with Crippen LogP contribution in [0.5, 0.6) is 0 Å². The van der Waals surface area contributed by atoms with E-state index in [1.807, 2.05) is 0 Å². The zero-order chi connectivity index (χ0) is 10.0. The first-order chi connectivity index (χ1) is 5.24. The molecule has 4 heteroatoms. The predicted molar refractivity (Wildman–Crippen MR) is 49.8 cm³/mol. The van der Waals surface area contributed by atoms with Crippen molar-refractivity contribution < 1.29 is 12.6 Å². The summed E-state index contributed by atoms with van der Waals surface area (Å²) in [5.74, 6) is 0. The monoisotopic (exact) mass is 202 g/mol. The SMILES string of the molecule is CCC(C)P(F)(F)(F)C(C)CC. The molecule has 0 saturated heterocycles. The Morgan fingerprint density at radius 2 is 1.17 bits per heavy atom. The molecule has 0 nitrogen and oxygen atoms in total. The normalized spacial score (nSPS) is 21.1. The van der Waals surface area contributed by atoms with Crippen LogP contribution < -0.4 is 0 Å². The van der Waals surface area contributed by atoms with Gasteiger partial charge in [0.25, 0.3) is 0 Å². The van der Waals surface area contributed by atoms with Gasteiger partial charge in [0.05, 0.1) is 0 Å². The number of rotatable bonds is 4. The predicted octanol–water partition coefficient (Wildman–Crippen LogP) is 4.79. The summed E-state index contributed by atoms with van der Waals surface area (Å²) in [7, 11) is -5.88. The summed E-state index contributed by atoms with van der Waals surface area (Å²) in [4.78, 5) is 0. The summed E-state index contributed by atoms with van der Waals surface area (Å²) in [6, 6.07) is 0. The molecule has 0 bridgehead atoms. The first-order valence-electron chi connectivity index (χ1n) is 4.41.